The van der Waals surface area contributed by atoms with E-state index in [1.165, 1.54) is 11.3 Å². The summed E-state index contributed by atoms with van der Waals surface area (Å²) in [4.78, 5) is 11.6. The van der Waals surface area contributed by atoms with Crippen LogP contribution in [0.2, 0.25) is 0 Å². The van der Waals surface area contributed by atoms with Gasteiger partial charge in [-0.15, -0.1) is 10.2 Å². The number of nitrogens with zero attached hydrogens (tertiary/aromatic N) is 2. The Hall–Kier alpha value is -1.21. The number of urea groups is 1. The van der Waals surface area contributed by atoms with Crippen LogP contribution in [0.25, 0.3) is 0 Å². The van der Waals surface area contributed by atoms with Gasteiger partial charge in [0.15, 0.2) is 0 Å². The number of ether oxygens (including phenoxy) is 1. The molecule has 0 unspecified atom stereocenters. The summed E-state index contributed by atoms with van der Waals surface area (Å²) in [5.74, 6) is 0. The van der Waals surface area contributed by atoms with Crippen molar-refractivity contribution in [2.45, 2.75) is 38.8 Å². The Labute approximate surface area is 104 Å². The highest BCUT2D eigenvalue weighted by Crippen LogP contribution is 2.16. The van der Waals surface area contributed by atoms with Crippen LogP contribution < -0.4 is 10.6 Å². The number of anilines is 1. The van der Waals surface area contributed by atoms with E-state index in [-0.39, 0.29) is 18.2 Å². The van der Waals surface area contributed by atoms with Crippen molar-refractivity contribution in [3.63, 3.8) is 0 Å². The van der Waals surface area contributed by atoms with Gasteiger partial charge in [0.05, 0.1) is 12.1 Å². The highest BCUT2D eigenvalue weighted by Gasteiger charge is 2.23. The average molecular weight is 256 g/mol. The molecule has 6 nitrogen and oxygen atoms in total. The van der Waals surface area contributed by atoms with Crippen molar-refractivity contribution in [3.8, 4) is 0 Å². The van der Waals surface area contributed by atoms with Gasteiger partial charge in [0.2, 0.25) is 5.13 Å². The second-order valence-corrected chi connectivity index (χ2v) is 5.25. The molecule has 1 aliphatic heterocycles. The lowest BCUT2D eigenvalue weighted by atomic mass is 10.1. The van der Waals surface area contributed by atoms with E-state index in [9.17, 15) is 4.79 Å². The number of hydrogen-bond donors (Lipinski definition) is 2. The molecule has 1 aliphatic rings. The van der Waals surface area contributed by atoms with E-state index in [0.717, 1.165) is 24.5 Å². The molecule has 0 aliphatic carbocycles. The van der Waals surface area contributed by atoms with Crippen LogP contribution in [0.4, 0.5) is 9.93 Å². The molecule has 0 saturated carbocycles. The average Bonchev–Trinajstić information content (AvgIpc) is 2.89. The van der Waals surface area contributed by atoms with E-state index in [4.69, 9.17) is 4.74 Å². The van der Waals surface area contributed by atoms with E-state index in [0.29, 0.717) is 5.13 Å². The summed E-state index contributed by atoms with van der Waals surface area (Å²) in [6.07, 6.45) is 2.18. The first-order valence-electron chi connectivity index (χ1n) is 5.64. The molecule has 94 valence electrons. The van der Waals surface area contributed by atoms with E-state index in [2.05, 4.69) is 20.8 Å². The number of aromatic nitrogens is 2. The molecule has 0 radical (unpaired) electrons. The maximum atomic E-state index is 11.6. The summed E-state index contributed by atoms with van der Waals surface area (Å²) in [6, 6.07) is -0.254. The molecule has 2 amide bonds. The normalized spacial score (nSPS) is 21.2. The maximum absolute atomic E-state index is 11.6. The Morgan fingerprint density at radius 2 is 2.41 bits per heavy atom. The van der Waals surface area contributed by atoms with E-state index in [1.54, 1.807) is 0 Å². The summed E-state index contributed by atoms with van der Waals surface area (Å²) >= 11 is 1.35. The van der Waals surface area contributed by atoms with Gasteiger partial charge in [-0.2, -0.15) is 0 Å². The predicted octanol–water partition coefficient (Wildman–Crippen LogP) is 1.54. The second-order valence-electron chi connectivity index (χ2n) is 4.06. The molecule has 0 bridgehead atoms. The van der Waals surface area contributed by atoms with Crippen LogP contribution in [0.5, 0.6) is 0 Å². The van der Waals surface area contributed by atoms with Gasteiger partial charge in [0, 0.05) is 6.61 Å². The zero-order valence-electron chi connectivity index (χ0n) is 9.90. The lowest BCUT2D eigenvalue weighted by molar-refractivity contribution is 0.0868. The van der Waals surface area contributed by atoms with E-state index in [1.807, 2.05) is 13.8 Å². The van der Waals surface area contributed by atoms with Crippen molar-refractivity contribution in [2.24, 2.45) is 0 Å². The first-order chi connectivity index (χ1) is 8.15. The summed E-state index contributed by atoms with van der Waals surface area (Å²) in [7, 11) is 0. The molecule has 2 rings (SSSR count). The smallest absolute Gasteiger partial charge is 0.321 e. The van der Waals surface area contributed by atoms with Crippen LogP contribution >= 0.6 is 11.3 Å². The van der Waals surface area contributed by atoms with E-state index >= 15 is 0 Å². The van der Waals surface area contributed by atoms with Crippen LogP contribution in [-0.4, -0.2) is 35.0 Å². The Kier molecular flexibility index (Phi) is 3.90. The van der Waals surface area contributed by atoms with Crippen molar-refractivity contribution >= 4 is 22.5 Å². The Balaban J connectivity index is 1.80. The fourth-order valence-electron chi connectivity index (χ4n) is 1.78. The van der Waals surface area contributed by atoms with Crippen molar-refractivity contribution in [1.82, 2.24) is 15.5 Å². The number of amides is 2. The second kappa shape index (κ2) is 5.42. The van der Waals surface area contributed by atoms with Crippen molar-refractivity contribution in [1.29, 1.82) is 0 Å². The molecular weight excluding hydrogens is 240 g/mol. The van der Waals surface area contributed by atoms with Crippen LogP contribution in [0.1, 0.15) is 24.8 Å². The number of carbonyl (C=O) groups is 1. The third-order valence-electron chi connectivity index (χ3n) is 2.63. The number of nitrogens with one attached hydrogen (secondary N) is 2. The molecule has 2 heterocycles. The van der Waals surface area contributed by atoms with Gasteiger partial charge < -0.3 is 10.1 Å². The first-order valence-corrected chi connectivity index (χ1v) is 6.46. The highest BCUT2D eigenvalue weighted by molar-refractivity contribution is 7.15. The third kappa shape index (κ3) is 3.37. The maximum Gasteiger partial charge on any atom is 0.321 e. The Bertz CT molecular complexity index is 389. The van der Waals surface area contributed by atoms with Gasteiger partial charge in [-0.05, 0) is 26.7 Å². The molecule has 2 atom stereocenters. The van der Waals surface area contributed by atoms with Gasteiger partial charge in [-0.3, -0.25) is 5.32 Å². The molecule has 1 aromatic heterocycles. The van der Waals surface area contributed by atoms with Crippen molar-refractivity contribution < 1.29 is 9.53 Å². The molecule has 0 aromatic carbocycles. The summed E-state index contributed by atoms with van der Waals surface area (Å²) in [6.45, 7) is 4.57. The topological polar surface area (TPSA) is 76.1 Å². The van der Waals surface area contributed by atoms with Gasteiger partial charge in [-0.25, -0.2) is 4.79 Å². The summed E-state index contributed by atoms with van der Waals surface area (Å²) in [5.41, 5.74) is 0. The highest BCUT2D eigenvalue weighted by atomic mass is 32.1. The van der Waals surface area contributed by atoms with Gasteiger partial charge in [-0.1, -0.05) is 11.3 Å². The standard InChI is InChI=1S/C10H16N4O2S/c1-6(8-4-3-5-16-8)11-9(15)12-10-14-13-7(2)17-10/h6,8H,3-5H2,1-2H3,(H2,11,12,14,15)/t6-,8+/m1/s1. The van der Waals surface area contributed by atoms with Gasteiger partial charge in [0.25, 0.3) is 0 Å². The zero-order chi connectivity index (χ0) is 12.3. The Morgan fingerprint density at radius 3 is 3.00 bits per heavy atom. The summed E-state index contributed by atoms with van der Waals surface area (Å²) < 4.78 is 5.50. The summed E-state index contributed by atoms with van der Waals surface area (Å²) in [5, 5.41) is 14.5. The molecule has 7 heteroatoms. The minimum absolute atomic E-state index is 0.00604. The number of rotatable bonds is 3. The predicted molar refractivity (Wildman–Crippen MR) is 65.2 cm³/mol. The van der Waals surface area contributed by atoms with Gasteiger partial charge >= 0.3 is 6.03 Å². The minimum atomic E-state index is -0.260. The zero-order valence-corrected chi connectivity index (χ0v) is 10.7. The molecule has 2 N–H and O–H groups in total. The molecule has 0 spiro atoms. The van der Waals surface area contributed by atoms with Crippen molar-refractivity contribution in [3.05, 3.63) is 5.01 Å². The fraction of sp³-hybridized carbons (Fsp3) is 0.700. The molecule has 17 heavy (non-hydrogen) atoms. The SMILES string of the molecule is Cc1nnc(NC(=O)N[C@H](C)[C@@H]2CCCO2)s1. The fourth-order valence-corrected chi connectivity index (χ4v) is 2.36. The number of carbonyl (C=O) groups excluding carboxylic acids is 1. The monoisotopic (exact) mass is 256 g/mol. The molecular formula is C10H16N4O2S. The van der Waals surface area contributed by atoms with Crippen LogP contribution in [0.3, 0.4) is 0 Å². The van der Waals surface area contributed by atoms with Crippen LogP contribution in [0, 0.1) is 6.92 Å². The minimum Gasteiger partial charge on any atom is -0.376 e. The third-order valence-corrected chi connectivity index (χ3v) is 3.38. The first kappa shape index (κ1) is 12.3. The van der Waals surface area contributed by atoms with Crippen molar-refractivity contribution in [2.75, 3.05) is 11.9 Å². The van der Waals surface area contributed by atoms with E-state index < -0.39 is 0 Å². The largest absolute Gasteiger partial charge is 0.376 e. The lowest BCUT2D eigenvalue weighted by Crippen LogP contribution is -2.42. The molecule has 1 aromatic rings. The quantitative estimate of drug-likeness (QED) is 0.860. The van der Waals surface area contributed by atoms with Gasteiger partial charge in [0.1, 0.15) is 5.01 Å². The Morgan fingerprint density at radius 1 is 1.59 bits per heavy atom. The van der Waals surface area contributed by atoms with Crippen LogP contribution in [0.15, 0.2) is 0 Å². The molecule has 1 saturated heterocycles. The molecule has 1 fully saturated rings. The number of hydrogen-bond acceptors (Lipinski definition) is 5. The lowest BCUT2D eigenvalue weighted by Gasteiger charge is -2.19. The van der Waals surface area contributed by atoms with Crippen LogP contribution in [-0.2, 0) is 4.74 Å². The number of aryl methyl sites for hydroxylation is 1.